The number of rotatable bonds is 4. The molecule has 1 aromatic rings. The molecule has 2 saturated heterocycles. The standard InChI is InChI=1S/C15H19N3O3/c19-14(17-10-13-2-1-9-21-13)11-3-5-12(6-4-11)18-8-7-16-15(18)20/h3-6,13H,1-2,7-10H2,(H,16,20)(H,17,19)/t13-/m1/s1. The number of nitrogens with one attached hydrogen (secondary N) is 2. The van der Waals surface area contributed by atoms with Gasteiger partial charge in [0, 0.05) is 37.5 Å². The van der Waals surface area contributed by atoms with Gasteiger partial charge >= 0.3 is 6.03 Å². The van der Waals surface area contributed by atoms with Crippen molar-refractivity contribution in [3.63, 3.8) is 0 Å². The largest absolute Gasteiger partial charge is 0.376 e. The number of carbonyl (C=O) groups excluding carboxylic acids is 2. The van der Waals surface area contributed by atoms with E-state index in [1.807, 2.05) is 0 Å². The van der Waals surface area contributed by atoms with E-state index in [4.69, 9.17) is 4.74 Å². The Bertz CT molecular complexity index is 523. The fourth-order valence-corrected chi connectivity index (χ4v) is 2.62. The van der Waals surface area contributed by atoms with Gasteiger partial charge in [-0.3, -0.25) is 9.69 Å². The van der Waals surface area contributed by atoms with Crippen molar-refractivity contribution in [2.75, 3.05) is 31.1 Å². The minimum atomic E-state index is -0.108. The Kier molecular flexibility index (Phi) is 4.06. The highest BCUT2D eigenvalue weighted by molar-refractivity contribution is 5.97. The summed E-state index contributed by atoms with van der Waals surface area (Å²) >= 11 is 0. The van der Waals surface area contributed by atoms with Gasteiger partial charge in [-0.25, -0.2) is 4.79 Å². The molecule has 112 valence electrons. The van der Waals surface area contributed by atoms with Gasteiger partial charge in [0.1, 0.15) is 0 Å². The van der Waals surface area contributed by atoms with Gasteiger partial charge in [-0.05, 0) is 37.1 Å². The third-order valence-electron chi connectivity index (χ3n) is 3.81. The van der Waals surface area contributed by atoms with Crippen molar-refractivity contribution < 1.29 is 14.3 Å². The van der Waals surface area contributed by atoms with Crippen LogP contribution in [0.15, 0.2) is 24.3 Å². The minimum Gasteiger partial charge on any atom is -0.376 e. The molecule has 1 atom stereocenters. The van der Waals surface area contributed by atoms with E-state index in [1.54, 1.807) is 29.2 Å². The molecule has 3 amide bonds. The van der Waals surface area contributed by atoms with Crippen LogP contribution < -0.4 is 15.5 Å². The Balaban J connectivity index is 1.58. The molecule has 6 nitrogen and oxygen atoms in total. The van der Waals surface area contributed by atoms with E-state index >= 15 is 0 Å². The molecule has 2 N–H and O–H groups in total. The van der Waals surface area contributed by atoms with Gasteiger partial charge in [0.15, 0.2) is 0 Å². The Morgan fingerprint density at radius 3 is 2.81 bits per heavy atom. The molecule has 2 fully saturated rings. The van der Waals surface area contributed by atoms with E-state index in [2.05, 4.69) is 10.6 Å². The summed E-state index contributed by atoms with van der Waals surface area (Å²) in [6.45, 7) is 2.65. The molecule has 2 aliphatic rings. The molecule has 0 radical (unpaired) electrons. The third kappa shape index (κ3) is 3.16. The van der Waals surface area contributed by atoms with Crippen LogP contribution in [-0.2, 0) is 4.74 Å². The van der Waals surface area contributed by atoms with Gasteiger partial charge in [-0.15, -0.1) is 0 Å². The fraction of sp³-hybridized carbons (Fsp3) is 0.467. The molecule has 0 spiro atoms. The maximum absolute atomic E-state index is 12.0. The molecule has 0 aromatic heterocycles. The molecule has 2 heterocycles. The molecule has 0 aliphatic carbocycles. The summed E-state index contributed by atoms with van der Waals surface area (Å²) in [7, 11) is 0. The lowest BCUT2D eigenvalue weighted by atomic mass is 10.1. The summed E-state index contributed by atoms with van der Waals surface area (Å²) in [5.41, 5.74) is 1.40. The summed E-state index contributed by atoms with van der Waals surface area (Å²) in [6.07, 6.45) is 2.21. The molecule has 21 heavy (non-hydrogen) atoms. The van der Waals surface area contributed by atoms with Gasteiger partial charge < -0.3 is 15.4 Å². The molecule has 0 unspecified atom stereocenters. The molecular formula is C15H19N3O3. The SMILES string of the molecule is O=C(NC[C@H]1CCCO1)c1ccc(N2CCNC2=O)cc1. The highest BCUT2D eigenvalue weighted by Crippen LogP contribution is 2.17. The monoisotopic (exact) mass is 289 g/mol. The van der Waals surface area contributed by atoms with Crippen LogP contribution in [0.25, 0.3) is 0 Å². The van der Waals surface area contributed by atoms with Gasteiger partial charge in [0.2, 0.25) is 0 Å². The van der Waals surface area contributed by atoms with Crippen molar-refractivity contribution in [3.8, 4) is 0 Å². The lowest BCUT2D eigenvalue weighted by molar-refractivity contribution is 0.0858. The van der Waals surface area contributed by atoms with Crippen LogP contribution in [0.2, 0.25) is 0 Å². The lowest BCUT2D eigenvalue weighted by Crippen LogP contribution is -2.32. The topological polar surface area (TPSA) is 70.7 Å². The molecule has 3 rings (SSSR count). The first-order valence-electron chi connectivity index (χ1n) is 7.29. The zero-order valence-electron chi connectivity index (χ0n) is 11.8. The number of hydrogen-bond acceptors (Lipinski definition) is 3. The number of urea groups is 1. The number of ether oxygens (including phenoxy) is 1. The first-order valence-corrected chi connectivity index (χ1v) is 7.29. The summed E-state index contributed by atoms with van der Waals surface area (Å²) in [6, 6.07) is 6.99. The average molecular weight is 289 g/mol. The second-order valence-corrected chi connectivity index (χ2v) is 5.28. The number of hydrogen-bond donors (Lipinski definition) is 2. The van der Waals surface area contributed by atoms with E-state index in [1.165, 1.54) is 0 Å². The summed E-state index contributed by atoms with van der Waals surface area (Å²) < 4.78 is 5.47. The molecule has 0 bridgehead atoms. The van der Waals surface area contributed by atoms with Gasteiger partial charge in [-0.2, -0.15) is 0 Å². The summed E-state index contributed by atoms with van der Waals surface area (Å²) in [4.78, 5) is 25.3. The molecule has 2 aliphatic heterocycles. The van der Waals surface area contributed by atoms with Gasteiger partial charge in [0.25, 0.3) is 5.91 Å². The Labute approximate surface area is 123 Å². The second kappa shape index (κ2) is 6.13. The Morgan fingerprint density at radius 2 is 2.19 bits per heavy atom. The molecule has 6 heteroatoms. The van der Waals surface area contributed by atoms with Gasteiger partial charge in [-0.1, -0.05) is 0 Å². The highest BCUT2D eigenvalue weighted by atomic mass is 16.5. The normalized spacial score (nSPS) is 21.4. The van der Waals surface area contributed by atoms with Crippen LogP contribution in [0.4, 0.5) is 10.5 Å². The lowest BCUT2D eigenvalue weighted by Gasteiger charge is -2.15. The number of anilines is 1. The van der Waals surface area contributed by atoms with Crippen molar-refractivity contribution in [2.45, 2.75) is 18.9 Å². The first-order chi connectivity index (χ1) is 10.2. The molecule has 0 saturated carbocycles. The third-order valence-corrected chi connectivity index (χ3v) is 3.81. The van der Waals surface area contributed by atoms with Crippen LogP contribution >= 0.6 is 0 Å². The Hall–Kier alpha value is -2.08. The number of nitrogens with zero attached hydrogens (tertiary/aromatic N) is 1. The van der Waals surface area contributed by atoms with E-state index in [0.29, 0.717) is 25.2 Å². The second-order valence-electron chi connectivity index (χ2n) is 5.28. The van der Waals surface area contributed by atoms with E-state index in [9.17, 15) is 9.59 Å². The van der Waals surface area contributed by atoms with Crippen LogP contribution in [0.3, 0.4) is 0 Å². The predicted molar refractivity (Wildman–Crippen MR) is 78.5 cm³/mol. The predicted octanol–water partition coefficient (Wildman–Crippen LogP) is 1.12. The van der Waals surface area contributed by atoms with Crippen LogP contribution in [0, 0.1) is 0 Å². The smallest absolute Gasteiger partial charge is 0.321 e. The van der Waals surface area contributed by atoms with Crippen molar-refractivity contribution in [2.24, 2.45) is 0 Å². The number of carbonyl (C=O) groups is 2. The van der Waals surface area contributed by atoms with E-state index < -0.39 is 0 Å². The zero-order chi connectivity index (χ0) is 14.7. The maximum atomic E-state index is 12.0. The minimum absolute atomic E-state index is 0.0921. The molecule has 1 aromatic carbocycles. The van der Waals surface area contributed by atoms with E-state index in [0.717, 1.165) is 25.1 Å². The van der Waals surface area contributed by atoms with Crippen molar-refractivity contribution in [1.29, 1.82) is 0 Å². The van der Waals surface area contributed by atoms with Crippen LogP contribution in [0.5, 0.6) is 0 Å². The van der Waals surface area contributed by atoms with Crippen LogP contribution in [0.1, 0.15) is 23.2 Å². The first kappa shape index (κ1) is 13.9. The Morgan fingerprint density at radius 1 is 1.38 bits per heavy atom. The van der Waals surface area contributed by atoms with Crippen molar-refractivity contribution >= 4 is 17.6 Å². The van der Waals surface area contributed by atoms with Crippen molar-refractivity contribution in [1.82, 2.24) is 10.6 Å². The van der Waals surface area contributed by atoms with E-state index in [-0.39, 0.29) is 18.0 Å². The molecular weight excluding hydrogens is 270 g/mol. The zero-order valence-corrected chi connectivity index (χ0v) is 11.8. The number of benzene rings is 1. The van der Waals surface area contributed by atoms with Crippen molar-refractivity contribution in [3.05, 3.63) is 29.8 Å². The quantitative estimate of drug-likeness (QED) is 0.872. The average Bonchev–Trinajstić information content (AvgIpc) is 3.16. The summed E-state index contributed by atoms with van der Waals surface area (Å²) in [5.74, 6) is -0.108. The highest BCUT2D eigenvalue weighted by Gasteiger charge is 2.21. The summed E-state index contributed by atoms with van der Waals surface area (Å²) in [5, 5.41) is 5.63. The van der Waals surface area contributed by atoms with Crippen LogP contribution in [-0.4, -0.2) is 44.3 Å². The number of amides is 3. The fourth-order valence-electron chi connectivity index (χ4n) is 2.62. The van der Waals surface area contributed by atoms with Gasteiger partial charge in [0.05, 0.1) is 6.10 Å². The maximum Gasteiger partial charge on any atom is 0.321 e.